The number of anilines is 1. The number of hydrogen-bond acceptors (Lipinski definition) is 4. The predicted octanol–water partition coefficient (Wildman–Crippen LogP) is 5.61. The maximum Gasteiger partial charge on any atom is 0.243 e. The number of benzene rings is 3. The number of sulfonamides is 1. The smallest absolute Gasteiger partial charge is 0.243 e. The molecule has 6 nitrogen and oxygen atoms in total. The summed E-state index contributed by atoms with van der Waals surface area (Å²) in [6.07, 6.45) is 0. The van der Waals surface area contributed by atoms with Gasteiger partial charge in [0.25, 0.3) is 0 Å². The molecule has 0 aliphatic carbocycles. The average Bonchev–Trinajstić information content (AvgIpc) is 2.80. The third kappa shape index (κ3) is 5.97. The lowest BCUT2D eigenvalue weighted by molar-refractivity contribution is -0.116. The average molecular weight is 501 g/mol. The fourth-order valence-electron chi connectivity index (χ4n) is 3.65. The zero-order valence-corrected chi connectivity index (χ0v) is 21.3. The van der Waals surface area contributed by atoms with E-state index in [0.717, 1.165) is 21.0 Å². The minimum Gasteiger partial charge on any atom is -0.495 e. The molecule has 1 N–H and O–H groups in total. The Kier molecular flexibility index (Phi) is 8.36. The van der Waals surface area contributed by atoms with E-state index in [0.29, 0.717) is 11.4 Å². The van der Waals surface area contributed by atoms with Crippen LogP contribution in [0.25, 0.3) is 0 Å². The van der Waals surface area contributed by atoms with E-state index in [1.807, 2.05) is 69.3 Å². The van der Waals surface area contributed by atoms with E-state index in [1.165, 1.54) is 25.3 Å². The maximum atomic E-state index is 13.6. The lowest BCUT2D eigenvalue weighted by Gasteiger charge is -2.23. The van der Waals surface area contributed by atoms with Gasteiger partial charge in [-0.05, 0) is 47.7 Å². The molecule has 0 unspecified atom stereocenters. The van der Waals surface area contributed by atoms with Crippen LogP contribution in [-0.4, -0.2) is 32.3 Å². The standard InChI is InChI=1S/C26H29ClN2O4S/c1-18(2)22-12-8-9-19(3)26(22)28-25(30)17-29(16-20-10-6-5-7-11-20)34(31,32)21-13-14-24(33-4)23(27)15-21/h5-15,18H,16-17H2,1-4H3,(H,28,30). The van der Waals surface area contributed by atoms with Crippen LogP contribution in [-0.2, 0) is 21.4 Å². The van der Waals surface area contributed by atoms with Crippen LogP contribution >= 0.6 is 11.6 Å². The lowest BCUT2D eigenvalue weighted by Crippen LogP contribution is -2.37. The van der Waals surface area contributed by atoms with Gasteiger partial charge in [0.2, 0.25) is 15.9 Å². The van der Waals surface area contributed by atoms with Crippen LogP contribution in [0.3, 0.4) is 0 Å². The van der Waals surface area contributed by atoms with Crippen LogP contribution in [0.5, 0.6) is 5.75 Å². The van der Waals surface area contributed by atoms with Gasteiger partial charge in [-0.1, -0.05) is 74.0 Å². The Morgan fingerprint density at radius 3 is 2.38 bits per heavy atom. The van der Waals surface area contributed by atoms with Crippen molar-refractivity contribution in [3.63, 3.8) is 0 Å². The molecule has 0 heterocycles. The molecule has 1 amide bonds. The first-order valence-corrected chi connectivity index (χ1v) is 12.7. The third-order valence-electron chi connectivity index (χ3n) is 5.47. The van der Waals surface area contributed by atoms with Crippen LogP contribution in [0.1, 0.15) is 36.5 Å². The van der Waals surface area contributed by atoms with E-state index in [2.05, 4.69) is 5.32 Å². The third-order valence-corrected chi connectivity index (χ3v) is 7.56. The highest BCUT2D eigenvalue weighted by molar-refractivity contribution is 7.89. The predicted molar refractivity (Wildman–Crippen MR) is 136 cm³/mol. The summed E-state index contributed by atoms with van der Waals surface area (Å²) in [5.74, 6) is 0.143. The number of methoxy groups -OCH3 is 1. The number of para-hydroxylation sites is 1. The molecule has 0 saturated carbocycles. The Bertz CT molecular complexity index is 1260. The van der Waals surface area contributed by atoms with Gasteiger partial charge in [0, 0.05) is 12.2 Å². The quantitative estimate of drug-likeness (QED) is 0.414. The van der Waals surface area contributed by atoms with Crippen molar-refractivity contribution in [1.29, 1.82) is 0 Å². The van der Waals surface area contributed by atoms with Gasteiger partial charge < -0.3 is 10.1 Å². The number of carbonyl (C=O) groups excluding carboxylic acids is 1. The molecule has 3 aromatic carbocycles. The topological polar surface area (TPSA) is 75.7 Å². The molecule has 0 aromatic heterocycles. The van der Waals surface area contributed by atoms with E-state index in [-0.39, 0.29) is 28.9 Å². The van der Waals surface area contributed by atoms with Crippen LogP contribution in [0.4, 0.5) is 5.69 Å². The molecule has 0 radical (unpaired) electrons. The minimum atomic E-state index is -4.04. The molecule has 0 atom stereocenters. The van der Waals surface area contributed by atoms with E-state index in [9.17, 15) is 13.2 Å². The van der Waals surface area contributed by atoms with Crippen molar-refractivity contribution < 1.29 is 17.9 Å². The Hall–Kier alpha value is -2.87. The van der Waals surface area contributed by atoms with E-state index in [1.54, 1.807) is 0 Å². The summed E-state index contributed by atoms with van der Waals surface area (Å²) in [6.45, 7) is 5.69. The fraction of sp³-hybridized carbons (Fsp3) is 0.269. The molecule has 34 heavy (non-hydrogen) atoms. The van der Waals surface area contributed by atoms with Crippen molar-refractivity contribution in [2.75, 3.05) is 19.0 Å². The first kappa shape index (κ1) is 25.7. The van der Waals surface area contributed by atoms with Crippen LogP contribution < -0.4 is 10.1 Å². The van der Waals surface area contributed by atoms with Crippen LogP contribution in [0, 0.1) is 6.92 Å². The summed E-state index contributed by atoms with van der Waals surface area (Å²) in [5.41, 5.74) is 3.39. The normalized spacial score (nSPS) is 11.6. The summed E-state index contributed by atoms with van der Waals surface area (Å²) >= 11 is 6.19. The number of nitrogens with one attached hydrogen (secondary N) is 1. The second kappa shape index (κ2) is 11.0. The van der Waals surface area contributed by atoms with E-state index < -0.39 is 15.9 Å². The highest BCUT2D eigenvalue weighted by Gasteiger charge is 2.28. The number of halogens is 1. The molecule has 0 fully saturated rings. The maximum absolute atomic E-state index is 13.6. The number of hydrogen-bond donors (Lipinski definition) is 1. The number of carbonyl (C=O) groups is 1. The largest absolute Gasteiger partial charge is 0.495 e. The molecule has 3 aromatic rings. The number of rotatable bonds is 9. The van der Waals surface area contributed by atoms with Crippen LogP contribution in [0.2, 0.25) is 5.02 Å². The van der Waals surface area contributed by atoms with Crippen molar-refractivity contribution in [2.24, 2.45) is 0 Å². The molecule has 0 saturated heterocycles. The Morgan fingerprint density at radius 1 is 1.06 bits per heavy atom. The molecule has 0 aliphatic rings. The first-order valence-electron chi connectivity index (χ1n) is 10.9. The Balaban J connectivity index is 1.94. The highest BCUT2D eigenvalue weighted by atomic mass is 35.5. The summed E-state index contributed by atoms with van der Waals surface area (Å²) in [5, 5.41) is 3.11. The zero-order valence-electron chi connectivity index (χ0n) is 19.7. The molecule has 3 rings (SSSR count). The number of nitrogens with zero attached hydrogens (tertiary/aromatic N) is 1. The zero-order chi connectivity index (χ0) is 24.9. The monoisotopic (exact) mass is 500 g/mol. The van der Waals surface area contributed by atoms with Crippen LogP contribution in [0.15, 0.2) is 71.6 Å². The molecular formula is C26H29ClN2O4S. The van der Waals surface area contributed by atoms with Gasteiger partial charge in [0.05, 0.1) is 23.6 Å². The summed E-state index contributed by atoms with van der Waals surface area (Å²) in [7, 11) is -2.58. The van der Waals surface area contributed by atoms with Crippen molar-refractivity contribution in [1.82, 2.24) is 4.31 Å². The lowest BCUT2D eigenvalue weighted by atomic mass is 9.98. The van der Waals surface area contributed by atoms with Gasteiger partial charge in [0.1, 0.15) is 5.75 Å². The van der Waals surface area contributed by atoms with Crippen molar-refractivity contribution in [3.05, 3.63) is 88.4 Å². The molecular weight excluding hydrogens is 472 g/mol. The van der Waals surface area contributed by atoms with E-state index in [4.69, 9.17) is 16.3 Å². The van der Waals surface area contributed by atoms with Gasteiger partial charge in [-0.2, -0.15) is 4.31 Å². The second-order valence-corrected chi connectivity index (χ2v) is 10.6. The SMILES string of the molecule is COc1ccc(S(=O)(=O)N(CC(=O)Nc2c(C)cccc2C(C)C)Cc2ccccc2)cc1Cl. The minimum absolute atomic E-state index is 0.0132. The molecule has 8 heteroatoms. The second-order valence-electron chi connectivity index (χ2n) is 8.30. The number of ether oxygens (including phenoxy) is 1. The summed E-state index contributed by atoms with van der Waals surface area (Å²) in [4.78, 5) is 13.1. The molecule has 0 aliphatic heterocycles. The van der Waals surface area contributed by atoms with Crippen molar-refractivity contribution >= 4 is 33.2 Å². The summed E-state index contributed by atoms with van der Waals surface area (Å²) in [6, 6.07) is 19.2. The molecule has 0 spiro atoms. The van der Waals surface area contributed by atoms with Gasteiger partial charge in [-0.15, -0.1) is 0 Å². The van der Waals surface area contributed by atoms with Gasteiger partial charge >= 0.3 is 0 Å². The van der Waals surface area contributed by atoms with E-state index >= 15 is 0 Å². The van der Waals surface area contributed by atoms with Gasteiger partial charge in [0.15, 0.2) is 0 Å². The molecule has 180 valence electrons. The Morgan fingerprint density at radius 2 is 1.76 bits per heavy atom. The Labute approximate surface area is 206 Å². The van der Waals surface area contributed by atoms with Gasteiger partial charge in [-0.25, -0.2) is 8.42 Å². The van der Waals surface area contributed by atoms with Crippen molar-refractivity contribution in [2.45, 2.75) is 38.1 Å². The van der Waals surface area contributed by atoms with Crippen molar-refractivity contribution in [3.8, 4) is 5.75 Å². The van der Waals surface area contributed by atoms with Gasteiger partial charge in [-0.3, -0.25) is 4.79 Å². The number of aryl methyl sites for hydroxylation is 1. The highest BCUT2D eigenvalue weighted by Crippen LogP contribution is 2.30. The molecule has 0 bridgehead atoms. The fourth-order valence-corrected chi connectivity index (χ4v) is 5.38. The number of amides is 1. The summed E-state index contributed by atoms with van der Waals surface area (Å²) < 4.78 is 33.4. The first-order chi connectivity index (χ1) is 16.1.